The molecule has 2 aromatic carbocycles. The number of esters is 1. The Hall–Kier alpha value is -2.69. The van der Waals surface area contributed by atoms with E-state index in [4.69, 9.17) is 9.15 Å². The Kier molecular flexibility index (Phi) is 3.39. The van der Waals surface area contributed by atoms with E-state index in [-0.39, 0.29) is 5.82 Å². The molecule has 0 aliphatic rings. The van der Waals surface area contributed by atoms with Crippen LogP contribution in [0.15, 0.2) is 46.9 Å². The van der Waals surface area contributed by atoms with E-state index in [1.807, 2.05) is 0 Å². The Morgan fingerprint density at radius 1 is 1.29 bits per heavy atom. The summed E-state index contributed by atoms with van der Waals surface area (Å²) in [6.45, 7) is 2.05. The maximum atomic E-state index is 13.2. The van der Waals surface area contributed by atoms with Crippen molar-refractivity contribution in [2.75, 3.05) is 6.61 Å². The third kappa shape index (κ3) is 2.63. The van der Waals surface area contributed by atoms with Crippen molar-refractivity contribution in [3.05, 3.63) is 53.8 Å². The van der Waals surface area contributed by atoms with Gasteiger partial charge in [0.25, 0.3) is 0 Å². The van der Waals surface area contributed by atoms with Crippen LogP contribution in [0.25, 0.3) is 22.6 Å². The molecule has 0 fully saturated rings. The van der Waals surface area contributed by atoms with Crippen molar-refractivity contribution >= 4 is 17.1 Å². The predicted octanol–water partition coefficient (Wildman–Crippen LogP) is 3.81. The molecule has 3 rings (SSSR count). The topological polar surface area (TPSA) is 52.3 Å². The first-order valence-corrected chi connectivity index (χ1v) is 6.51. The number of hydrogen-bond donors (Lipinski definition) is 0. The maximum Gasteiger partial charge on any atom is 0.338 e. The summed E-state index contributed by atoms with van der Waals surface area (Å²) < 4.78 is 23.7. The Labute approximate surface area is 120 Å². The first-order valence-electron chi connectivity index (χ1n) is 6.51. The molecule has 0 amide bonds. The summed E-state index contributed by atoms with van der Waals surface area (Å²) in [4.78, 5) is 16.0. The number of carbonyl (C=O) groups is 1. The van der Waals surface area contributed by atoms with Gasteiger partial charge in [0, 0.05) is 5.56 Å². The summed E-state index contributed by atoms with van der Waals surface area (Å²) >= 11 is 0. The lowest BCUT2D eigenvalue weighted by Gasteiger charge is -2.00. The van der Waals surface area contributed by atoms with Gasteiger partial charge in [-0.15, -0.1) is 0 Å². The number of ether oxygens (including phenoxy) is 1. The van der Waals surface area contributed by atoms with Gasteiger partial charge in [-0.05, 0) is 43.3 Å². The maximum absolute atomic E-state index is 13.2. The van der Waals surface area contributed by atoms with Crippen molar-refractivity contribution in [3.63, 3.8) is 0 Å². The lowest BCUT2D eigenvalue weighted by atomic mass is 10.2. The minimum Gasteiger partial charge on any atom is -0.462 e. The fraction of sp³-hybridized carbons (Fsp3) is 0.125. The predicted molar refractivity (Wildman–Crippen MR) is 75.4 cm³/mol. The van der Waals surface area contributed by atoms with Crippen LogP contribution in [-0.2, 0) is 4.74 Å². The van der Waals surface area contributed by atoms with E-state index < -0.39 is 5.97 Å². The lowest BCUT2D eigenvalue weighted by Crippen LogP contribution is -2.03. The van der Waals surface area contributed by atoms with E-state index in [9.17, 15) is 9.18 Å². The van der Waals surface area contributed by atoms with Gasteiger partial charge < -0.3 is 9.15 Å². The van der Waals surface area contributed by atoms with Gasteiger partial charge in [0.05, 0.1) is 12.2 Å². The van der Waals surface area contributed by atoms with Crippen LogP contribution < -0.4 is 0 Å². The van der Waals surface area contributed by atoms with Gasteiger partial charge in [0.15, 0.2) is 5.58 Å². The van der Waals surface area contributed by atoms with Crippen molar-refractivity contribution in [1.29, 1.82) is 0 Å². The van der Waals surface area contributed by atoms with E-state index >= 15 is 0 Å². The van der Waals surface area contributed by atoms with Crippen molar-refractivity contribution in [2.24, 2.45) is 0 Å². The molecule has 5 heteroatoms. The number of nitrogens with zero attached hydrogens (tertiary/aromatic N) is 1. The molecule has 0 radical (unpaired) electrons. The Morgan fingerprint density at radius 2 is 2.14 bits per heavy atom. The summed E-state index contributed by atoms with van der Waals surface area (Å²) in [6, 6.07) is 10.9. The Bertz CT molecular complexity index is 810. The highest BCUT2D eigenvalue weighted by atomic mass is 19.1. The molecule has 106 valence electrons. The summed E-state index contributed by atoms with van der Waals surface area (Å²) in [5.74, 6) is -0.456. The van der Waals surface area contributed by atoms with E-state index in [0.717, 1.165) is 0 Å². The molecule has 1 heterocycles. The third-order valence-corrected chi connectivity index (χ3v) is 2.97. The highest BCUT2D eigenvalue weighted by Crippen LogP contribution is 2.25. The van der Waals surface area contributed by atoms with E-state index in [2.05, 4.69) is 4.98 Å². The Morgan fingerprint density at radius 3 is 2.90 bits per heavy atom. The van der Waals surface area contributed by atoms with Gasteiger partial charge in [0.2, 0.25) is 5.89 Å². The lowest BCUT2D eigenvalue weighted by molar-refractivity contribution is 0.0526. The van der Waals surface area contributed by atoms with E-state index in [0.29, 0.717) is 34.7 Å². The Balaban J connectivity index is 2.02. The van der Waals surface area contributed by atoms with Crippen LogP contribution >= 0.6 is 0 Å². The molecule has 0 N–H and O–H groups in total. The summed E-state index contributed by atoms with van der Waals surface area (Å²) in [5, 5.41) is 0. The highest BCUT2D eigenvalue weighted by Gasteiger charge is 2.12. The molecule has 0 spiro atoms. The standard InChI is InChI=1S/C16H12FNO3/c1-2-20-16(19)11-6-7-14-13(9-11)18-15(21-14)10-4-3-5-12(17)8-10/h3-9H,2H2,1H3. The van der Waals surface area contributed by atoms with Crippen LogP contribution in [0.5, 0.6) is 0 Å². The molecule has 0 atom stereocenters. The summed E-state index contributed by atoms with van der Waals surface area (Å²) in [6.07, 6.45) is 0. The molecule has 1 aromatic heterocycles. The van der Waals surface area contributed by atoms with Crippen molar-refractivity contribution < 1.29 is 18.3 Å². The van der Waals surface area contributed by atoms with Gasteiger partial charge >= 0.3 is 5.97 Å². The first kappa shape index (κ1) is 13.3. The zero-order valence-corrected chi connectivity index (χ0v) is 11.3. The van der Waals surface area contributed by atoms with Crippen LogP contribution in [0.3, 0.4) is 0 Å². The monoisotopic (exact) mass is 285 g/mol. The average molecular weight is 285 g/mol. The van der Waals surface area contributed by atoms with Gasteiger partial charge in [-0.1, -0.05) is 6.07 Å². The zero-order valence-electron chi connectivity index (χ0n) is 11.3. The quantitative estimate of drug-likeness (QED) is 0.687. The van der Waals surface area contributed by atoms with E-state index in [1.165, 1.54) is 12.1 Å². The number of hydrogen-bond acceptors (Lipinski definition) is 4. The van der Waals surface area contributed by atoms with Crippen LogP contribution in [0.4, 0.5) is 4.39 Å². The molecule has 0 saturated carbocycles. The molecule has 0 saturated heterocycles. The smallest absolute Gasteiger partial charge is 0.338 e. The molecular formula is C16H12FNO3. The number of carbonyl (C=O) groups excluding carboxylic acids is 1. The van der Waals surface area contributed by atoms with Crippen LogP contribution in [0, 0.1) is 5.82 Å². The minimum absolute atomic E-state index is 0.310. The number of rotatable bonds is 3. The average Bonchev–Trinajstić information content (AvgIpc) is 2.90. The van der Waals surface area contributed by atoms with Gasteiger partial charge in [0.1, 0.15) is 11.3 Å². The molecule has 3 aromatic rings. The minimum atomic E-state index is -0.408. The zero-order chi connectivity index (χ0) is 14.8. The van der Waals surface area contributed by atoms with Crippen LogP contribution in [-0.4, -0.2) is 17.6 Å². The second kappa shape index (κ2) is 5.36. The van der Waals surface area contributed by atoms with Gasteiger partial charge in [-0.3, -0.25) is 0 Å². The molecule has 0 unspecified atom stereocenters. The number of fused-ring (bicyclic) bond motifs is 1. The molecular weight excluding hydrogens is 273 g/mol. The highest BCUT2D eigenvalue weighted by molar-refractivity contribution is 5.93. The van der Waals surface area contributed by atoms with Gasteiger partial charge in [-0.25, -0.2) is 14.2 Å². The van der Waals surface area contributed by atoms with Crippen LogP contribution in [0.2, 0.25) is 0 Å². The number of benzene rings is 2. The normalized spacial score (nSPS) is 10.8. The van der Waals surface area contributed by atoms with E-state index in [1.54, 1.807) is 37.3 Å². The number of halogens is 1. The van der Waals surface area contributed by atoms with Crippen molar-refractivity contribution in [2.45, 2.75) is 6.92 Å². The second-order valence-corrected chi connectivity index (χ2v) is 4.43. The largest absolute Gasteiger partial charge is 0.462 e. The molecule has 0 aliphatic heterocycles. The SMILES string of the molecule is CCOC(=O)c1ccc2oc(-c3cccc(F)c3)nc2c1. The third-order valence-electron chi connectivity index (χ3n) is 2.97. The number of oxazole rings is 1. The fourth-order valence-electron chi connectivity index (χ4n) is 2.01. The summed E-state index contributed by atoms with van der Waals surface area (Å²) in [7, 11) is 0. The van der Waals surface area contributed by atoms with Gasteiger partial charge in [-0.2, -0.15) is 0 Å². The molecule has 0 bridgehead atoms. The number of aromatic nitrogens is 1. The molecule has 0 aliphatic carbocycles. The molecule has 4 nitrogen and oxygen atoms in total. The molecule has 21 heavy (non-hydrogen) atoms. The fourth-order valence-corrected chi connectivity index (χ4v) is 2.01. The van der Waals surface area contributed by atoms with Crippen molar-refractivity contribution in [1.82, 2.24) is 4.98 Å². The second-order valence-electron chi connectivity index (χ2n) is 4.43. The summed E-state index contributed by atoms with van der Waals surface area (Å²) in [5.41, 5.74) is 2.01. The van der Waals surface area contributed by atoms with Crippen LogP contribution in [0.1, 0.15) is 17.3 Å². The first-order chi connectivity index (χ1) is 10.2. The van der Waals surface area contributed by atoms with Crippen molar-refractivity contribution in [3.8, 4) is 11.5 Å².